The van der Waals surface area contributed by atoms with Crippen LogP contribution in [0.2, 0.25) is 0 Å². The van der Waals surface area contributed by atoms with Gasteiger partial charge >= 0.3 is 0 Å². The summed E-state index contributed by atoms with van der Waals surface area (Å²) in [6.07, 6.45) is 5.05. The van der Waals surface area contributed by atoms with E-state index in [0.29, 0.717) is 0 Å². The van der Waals surface area contributed by atoms with E-state index in [9.17, 15) is 13.2 Å². The molecule has 0 atom stereocenters. The summed E-state index contributed by atoms with van der Waals surface area (Å²) in [6.45, 7) is 1.78. The van der Waals surface area contributed by atoms with Crippen molar-refractivity contribution in [1.82, 2.24) is 10.0 Å². The first-order chi connectivity index (χ1) is 9.51. The fourth-order valence-corrected chi connectivity index (χ4v) is 4.60. The van der Waals surface area contributed by atoms with Crippen molar-refractivity contribution < 1.29 is 13.2 Å². The van der Waals surface area contributed by atoms with Gasteiger partial charge in [0.15, 0.2) is 0 Å². The van der Waals surface area contributed by atoms with Crippen LogP contribution in [0.5, 0.6) is 0 Å². The Morgan fingerprint density at radius 2 is 2.05 bits per heavy atom. The quantitative estimate of drug-likeness (QED) is 0.838. The van der Waals surface area contributed by atoms with E-state index in [1.807, 2.05) is 6.92 Å². The summed E-state index contributed by atoms with van der Waals surface area (Å²) in [5, 5.41) is 2.86. The first-order valence-electron chi connectivity index (χ1n) is 6.89. The fraction of sp³-hybridized carbons (Fsp3) is 0.615. The highest BCUT2D eigenvalue weighted by Crippen LogP contribution is 2.21. The largest absolute Gasteiger partial charge is 0.352 e. The maximum absolute atomic E-state index is 12.0. The minimum absolute atomic E-state index is 0.196. The summed E-state index contributed by atoms with van der Waals surface area (Å²) in [5.74, 6) is -0.257. The van der Waals surface area contributed by atoms with Crippen molar-refractivity contribution in [2.45, 2.75) is 49.3 Å². The maximum Gasteiger partial charge on any atom is 0.250 e. The Hall–Kier alpha value is -0.920. The molecule has 112 valence electrons. The van der Waals surface area contributed by atoms with Crippen molar-refractivity contribution in [3.63, 3.8) is 0 Å². The van der Waals surface area contributed by atoms with Crippen LogP contribution in [-0.4, -0.2) is 26.9 Å². The molecule has 0 aromatic carbocycles. The number of carbonyl (C=O) groups excluding carboxylic acids is 1. The minimum atomic E-state index is -3.57. The van der Waals surface area contributed by atoms with Gasteiger partial charge in [-0.2, -0.15) is 0 Å². The fourth-order valence-electron chi connectivity index (χ4n) is 2.27. The Kier molecular flexibility index (Phi) is 5.17. The summed E-state index contributed by atoms with van der Waals surface area (Å²) >= 11 is 1.24. The van der Waals surface area contributed by atoms with Crippen molar-refractivity contribution >= 4 is 27.3 Å². The molecular formula is C13H20N2O3S2. The molecule has 1 aliphatic carbocycles. The van der Waals surface area contributed by atoms with Gasteiger partial charge in [-0.25, -0.2) is 13.1 Å². The van der Waals surface area contributed by atoms with Crippen molar-refractivity contribution in [3.8, 4) is 0 Å². The summed E-state index contributed by atoms with van der Waals surface area (Å²) in [4.78, 5) is 12.7. The number of hydrogen-bond donors (Lipinski definition) is 2. The van der Waals surface area contributed by atoms with Gasteiger partial charge < -0.3 is 5.32 Å². The molecule has 1 saturated carbocycles. The second-order valence-electron chi connectivity index (χ2n) is 4.95. The van der Waals surface area contributed by atoms with Gasteiger partial charge in [0.05, 0.1) is 6.54 Å². The van der Waals surface area contributed by atoms with Gasteiger partial charge in [-0.05, 0) is 31.4 Å². The van der Waals surface area contributed by atoms with Gasteiger partial charge in [0.25, 0.3) is 10.0 Å². The predicted molar refractivity (Wildman–Crippen MR) is 79.3 cm³/mol. The SMILES string of the molecule is CCc1ccc(S(=O)(=O)NCC(=O)NC2CCCC2)s1. The highest BCUT2D eigenvalue weighted by molar-refractivity contribution is 7.91. The van der Waals surface area contributed by atoms with Gasteiger partial charge in [0.2, 0.25) is 5.91 Å². The van der Waals surface area contributed by atoms with Gasteiger partial charge in [-0.3, -0.25) is 4.79 Å². The number of nitrogens with one attached hydrogen (secondary N) is 2. The van der Waals surface area contributed by atoms with Crippen molar-refractivity contribution in [2.75, 3.05) is 6.54 Å². The molecule has 0 bridgehead atoms. The van der Waals surface area contributed by atoms with E-state index in [4.69, 9.17) is 0 Å². The molecule has 1 heterocycles. The third-order valence-electron chi connectivity index (χ3n) is 3.39. The predicted octanol–water partition coefficient (Wildman–Crippen LogP) is 1.65. The van der Waals surface area contributed by atoms with Crippen LogP contribution in [0, 0.1) is 0 Å². The monoisotopic (exact) mass is 316 g/mol. The Morgan fingerprint density at radius 1 is 1.35 bits per heavy atom. The summed E-state index contributed by atoms with van der Waals surface area (Å²) in [5.41, 5.74) is 0. The molecular weight excluding hydrogens is 296 g/mol. The Bertz CT molecular complexity index is 560. The first-order valence-corrected chi connectivity index (χ1v) is 9.19. The van der Waals surface area contributed by atoms with Crippen molar-refractivity contribution in [3.05, 3.63) is 17.0 Å². The number of rotatable bonds is 6. The normalized spacial score (nSPS) is 16.4. The number of aryl methyl sites for hydroxylation is 1. The summed E-state index contributed by atoms with van der Waals surface area (Å²) in [7, 11) is -3.57. The third kappa shape index (κ3) is 4.04. The van der Waals surface area contributed by atoms with Gasteiger partial charge in [-0.15, -0.1) is 11.3 Å². The number of thiophene rings is 1. The zero-order valence-corrected chi connectivity index (χ0v) is 13.1. The van der Waals surface area contributed by atoms with Crippen LogP contribution in [0.3, 0.4) is 0 Å². The molecule has 2 N–H and O–H groups in total. The summed E-state index contributed by atoms with van der Waals surface area (Å²) < 4.78 is 26.7. The van der Waals surface area contributed by atoms with E-state index in [2.05, 4.69) is 10.0 Å². The van der Waals surface area contributed by atoms with E-state index in [0.717, 1.165) is 37.0 Å². The summed E-state index contributed by atoms with van der Waals surface area (Å²) in [6, 6.07) is 3.60. The lowest BCUT2D eigenvalue weighted by Gasteiger charge is -2.12. The van der Waals surface area contributed by atoms with E-state index >= 15 is 0 Å². The van der Waals surface area contributed by atoms with Gasteiger partial charge in [0.1, 0.15) is 4.21 Å². The lowest BCUT2D eigenvalue weighted by Crippen LogP contribution is -2.40. The standard InChI is InChI=1S/C13H20N2O3S2/c1-2-11-7-8-13(19-11)20(17,18)14-9-12(16)15-10-5-3-4-6-10/h7-8,10,14H,2-6,9H2,1H3,(H,15,16). The second-order valence-corrected chi connectivity index (χ2v) is 8.11. The van der Waals surface area contributed by atoms with Gasteiger partial charge in [-0.1, -0.05) is 19.8 Å². The molecule has 7 heteroatoms. The van der Waals surface area contributed by atoms with Crippen molar-refractivity contribution in [1.29, 1.82) is 0 Å². The number of hydrogen-bond acceptors (Lipinski definition) is 4. The molecule has 5 nitrogen and oxygen atoms in total. The first kappa shape index (κ1) is 15.5. The smallest absolute Gasteiger partial charge is 0.250 e. The lowest BCUT2D eigenvalue weighted by molar-refractivity contribution is -0.120. The molecule has 0 unspecified atom stereocenters. The molecule has 1 fully saturated rings. The van der Waals surface area contributed by atoms with E-state index < -0.39 is 10.0 Å². The molecule has 0 saturated heterocycles. The number of carbonyl (C=O) groups is 1. The number of sulfonamides is 1. The lowest BCUT2D eigenvalue weighted by atomic mass is 10.2. The van der Waals surface area contributed by atoms with E-state index in [-0.39, 0.29) is 22.7 Å². The zero-order chi connectivity index (χ0) is 14.6. The number of amides is 1. The Labute approximate surface area is 123 Å². The molecule has 20 heavy (non-hydrogen) atoms. The molecule has 0 aliphatic heterocycles. The maximum atomic E-state index is 12.0. The topological polar surface area (TPSA) is 75.3 Å². The van der Waals surface area contributed by atoms with E-state index in [1.54, 1.807) is 12.1 Å². The Balaban J connectivity index is 1.86. The average molecular weight is 316 g/mol. The molecule has 1 aromatic heterocycles. The van der Waals surface area contributed by atoms with Crippen LogP contribution >= 0.6 is 11.3 Å². The highest BCUT2D eigenvalue weighted by atomic mass is 32.2. The van der Waals surface area contributed by atoms with Crippen LogP contribution in [0.25, 0.3) is 0 Å². The second kappa shape index (κ2) is 6.69. The molecule has 0 spiro atoms. The highest BCUT2D eigenvalue weighted by Gasteiger charge is 2.20. The van der Waals surface area contributed by atoms with Crippen LogP contribution in [0.1, 0.15) is 37.5 Å². The molecule has 0 radical (unpaired) electrons. The molecule has 1 aromatic rings. The van der Waals surface area contributed by atoms with Crippen LogP contribution < -0.4 is 10.0 Å². The molecule has 1 amide bonds. The van der Waals surface area contributed by atoms with Crippen LogP contribution in [-0.2, 0) is 21.2 Å². The van der Waals surface area contributed by atoms with Gasteiger partial charge in [0, 0.05) is 10.9 Å². The third-order valence-corrected chi connectivity index (χ3v) is 6.52. The van der Waals surface area contributed by atoms with Crippen LogP contribution in [0.15, 0.2) is 16.3 Å². The van der Waals surface area contributed by atoms with E-state index in [1.165, 1.54) is 11.3 Å². The minimum Gasteiger partial charge on any atom is -0.352 e. The average Bonchev–Trinajstić information content (AvgIpc) is 3.07. The Morgan fingerprint density at radius 3 is 2.65 bits per heavy atom. The van der Waals surface area contributed by atoms with Crippen molar-refractivity contribution in [2.24, 2.45) is 0 Å². The molecule has 1 aliphatic rings. The van der Waals surface area contributed by atoms with Crippen LogP contribution in [0.4, 0.5) is 0 Å². The zero-order valence-electron chi connectivity index (χ0n) is 11.5. The molecule has 2 rings (SSSR count).